The number of aryl methyl sites for hydroxylation is 1. The Morgan fingerprint density at radius 3 is 2.89 bits per heavy atom. The second-order valence-electron chi connectivity index (χ2n) is 3.62. The number of nitrogens with zero attached hydrogens (tertiary/aromatic N) is 2. The normalized spacial score (nSPS) is 10.4. The number of anilines is 2. The van der Waals surface area contributed by atoms with Gasteiger partial charge in [-0.15, -0.1) is 0 Å². The molecule has 0 aliphatic carbocycles. The van der Waals surface area contributed by atoms with E-state index in [1.807, 2.05) is 0 Å². The van der Waals surface area contributed by atoms with Crippen LogP contribution in [0.3, 0.4) is 0 Å². The molecule has 0 saturated heterocycles. The summed E-state index contributed by atoms with van der Waals surface area (Å²) in [6.07, 6.45) is 1.31. The first kappa shape index (κ1) is 12.4. The molecular formula is C11H10ClFN4O. The van der Waals surface area contributed by atoms with Gasteiger partial charge in [-0.1, -0.05) is 17.7 Å². The van der Waals surface area contributed by atoms with Gasteiger partial charge in [0.1, 0.15) is 11.4 Å². The summed E-state index contributed by atoms with van der Waals surface area (Å²) < 4.78 is 14.9. The molecule has 18 heavy (non-hydrogen) atoms. The Hall–Kier alpha value is -2.08. The number of aromatic nitrogens is 2. The standard InChI is InChI=1S/C11H10ClFN4O/c1-17-10(14)6(5-15-17)11(18)16-8-4-2-3-7(12)9(8)13/h2-5H,14H2,1H3,(H,16,18). The van der Waals surface area contributed by atoms with Crippen LogP contribution in [-0.2, 0) is 7.05 Å². The van der Waals surface area contributed by atoms with Crippen molar-refractivity contribution in [2.75, 3.05) is 11.1 Å². The van der Waals surface area contributed by atoms with Crippen LogP contribution in [0.15, 0.2) is 24.4 Å². The van der Waals surface area contributed by atoms with Crippen molar-refractivity contribution in [3.63, 3.8) is 0 Å². The summed E-state index contributed by atoms with van der Waals surface area (Å²) in [7, 11) is 1.60. The Bertz CT molecular complexity index is 611. The van der Waals surface area contributed by atoms with Crippen LogP contribution in [-0.4, -0.2) is 15.7 Å². The molecule has 0 saturated carbocycles. The van der Waals surface area contributed by atoms with Crippen LogP contribution in [0.2, 0.25) is 5.02 Å². The topological polar surface area (TPSA) is 72.9 Å². The van der Waals surface area contributed by atoms with Crippen molar-refractivity contribution < 1.29 is 9.18 Å². The monoisotopic (exact) mass is 268 g/mol. The predicted molar refractivity (Wildman–Crippen MR) is 67.0 cm³/mol. The Morgan fingerprint density at radius 2 is 2.28 bits per heavy atom. The van der Waals surface area contributed by atoms with E-state index in [9.17, 15) is 9.18 Å². The van der Waals surface area contributed by atoms with E-state index in [0.717, 1.165) is 0 Å². The first-order valence-corrected chi connectivity index (χ1v) is 5.41. The summed E-state index contributed by atoms with van der Waals surface area (Å²) in [5.41, 5.74) is 5.82. The molecule has 7 heteroatoms. The minimum atomic E-state index is -0.685. The lowest BCUT2D eigenvalue weighted by Gasteiger charge is -2.06. The van der Waals surface area contributed by atoms with Gasteiger partial charge in [-0.25, -0.2) is 4.39 Å². The van der Waals surface area contributed by atoms with Gasteiger partial charge in [0.05, 0.1) is 16.9 Å². The number of carbonyl (C=O) groups excluding carboxylic acids is 1. The minimum absolute atomic E-state index is 0.00393. The van der Waals surface area contributed by atoms with Crippen molar-refractivity contribution in [1.29, 1.82) is 0 Å². The molecule has 0 aliphatic rings. The Kier molecular flexibility index (Phi) is 3.20. The lowest BCUT2D eigenvalue weighted by Crippen LogP contribution is -2.14. The van der Waals surface area contributed by atoms with Crippen LogP contribution in [0.5, 0.6) is 0 Å². The first-order chi connectivity index (χ1) is 8.50. The highest BCUT2D eigenvalue weighted by Gasteiger charge is 2.16. The highest BCUT2D eigenvalue weighted by Crippen LogP contribution is 2.23. The number of hydrogen-bond donors (Lipinski definition) is 2. The van der Waals surface area contributed by atoms with E-state index in [1.165, 1.54) is 29.1 Å². The molecule has 5 nitrogen and oxygen atoms in total. The van der Waals surface area contributed by atoms with Crippen LogP contribution < -0.4 is 11.1 Å². The van der Waals surface area contributed by atoms with Crippen molar-refractivity contribution in [1.82, 2.24) is 9.78 Å². The van der Waals surface area contributed by atoms with E-state index in [-0.39, 0.29) is 22.1 Å². The molecule has 1 amide bonds. The van der Waals surface area contributed by atoms with E-state index in [2.05, 4.69) is 10.4 Å². The average molecular weight is 269 g/mol. The predicted octanol–water partition coefficient (Wildman–Crippen LogP) is 2.05. The molecule has 0 unspecified atom stereocenters. The third-order valence-corrected chi connectivity index (χ3v) is 2.72. The third-order valence-electron chi connectivity index (χ3n) is 2.43. The molecule has 0 fully saturated rings. The van der Waals surface area contributed by atoms with Crippen molar-refractivity contribution in [2.45, 2.75) is 0 Å². The minimum Gasteiger partial charge on any atom is -0.383 e. The van der Waals surface area contributed by atoms with Crippen LogP contribution in [0.1, 0.15) is 10.4 Å². The van der Waals surface area contributed by atoms with Crippen LogP contribution >= 0.6 is 11.6 Å². The fraction of sp³-hybridized carbons (Fsp3) is 0.0909. The molecule has 0 radical (unpaired) electrons. The fourth-order valence-corrected chi connectivity index (χ4v) is 1.59. The van der Waals surface area contributed by atoms with Crippen molar-refractivity contribution in [2.24, 2.45) is 7.05 Å². The first-order valence-electron chi connectivity index (χ1n) is 5.03. The number of carbonyl (C=O) groups is 1. The maximum atomic E-state index is 13.6. The highest BCUT2D eigenvalue weighted by atomic mass is 35.5. The molecule has 0 aliphatic heterocycles. The molecule has 3 N–H and O–H groups in total. The molecule has 2 rings (SSSR count). The lowest BCUT2D eigenvalue weighted by molar-refractivity contribution is 0.102. The molecule has 94 valence electrons. The summed E-state index contributed by atoms with van der Waals surface area (Å²) in [5.74, 6) is -1.02. The third kappa shape index (κ3) is 2.14. The number of amides is 1. The molecule has 0 bridgehead atoms. The number of nitrogens with one attached hydrogen (secondary N) is 1. The number of hydrogen-bond acceptors (Lipinski definition) is 3. The second-order valence-corrected chi connectivity index (χ2v) is 4.03. The molecule has 0 spiro atoms. The smallest absolute Gasteiger partial charge is 0.261 e. The van der Waals surface area contributed by atoms with Crippen LogP contribution in [0, 0.1) is 5.82 Å². The van der Waals surface area contributed by atoms with E-state index < -0.39 is 11.7 Å². The van der Waals surface area contributed by atoms with Gasteiger partial charge in [0, 0.05) is 7.05 Å². The zero-order valence-electron chi connectivity index (χ0n) is 9.45. The summed E-state index contributed by atoms with van der Waals surface area (Å²) in [6.45, 7) is 0. The summed E-state index contributed by atoms with van der Waals surface area (Å²) in [5, 5.41) is 6.16. The maximum Gasteiger partial charge on any atom is 0.261 e. The molecular weight excluding hydrogens is 259 g/mol. The lowest BCUT2D eigenvalue weighted by atomic mass is 10.2. The number of nitrogen functional groups attached to an aromatic ring is 1. The van der Waals surface area contributed by atoms with Crippen molar-refractivity contribution in [3.8, 4) is 0 Å². The number of benzene rings is 1. The molecule has 1 aromatic heterocycles. The summed E-state index contributed by atoms with van der Waals surface area (Å²) >= 11 is 5.61. The van der Waals surface area contributed by atoms with Gasteiger partial charge >= 0.3 is 0 Å². The van der Waals surface area contributed by atoms with Gasteiger partial charge in [0.15, 0.2) is 5.82 Å². The van der Waals surface area contributed by atoms with Gasteiger partial charge < -0.3 is 11.1 Å². The van der Waals surface area contributed by atoms with Crippen LogP contribution in [0.4, 0.5) is 15.9 Å². The quantitative estimate of drug-likeness (QED) is 0.875. The Balaban J connectivity index is 2.27. The Morgan fingerprint density at radius 1 is 1.56 bits per heavy atom. The number of nitrogens with two attached hydrogens (primary N) is 1. The van der Waals surface area contributed by atoms with Crippen LogP contribution in [0.25, 0.3) is 0 Å². The molecule has 1 heterocycles. The largest absolute Gasteiger partial charge is 0.383 e. The molecule has 1 aromatic carbocycles. The number of halogens is 2. The summed E-state index contributed by atoms with van der Waals surface area (Å²) in [4.78, 5) is 11.9. The van der Waals surface area contributed by atoms with Gasteiger partial charge in [0.25, 0.3) is 5.91 Å². The van der Waals surface area contributed by atoms with Crippen molar-refractivity contribution in [3.05, 3.63) is 40.8 Å². The van der Waals surface area contributed by atoms with E-state index in [0.29, 0.717) is 0 Å². The Labute approximate surface area is 107 Å². The zero-order chi connectivity index (χ0) is 13.3. The van der Waals surface area contributed by atoms with Gasteiger partial charge in [0.2, 0.25) is 0 Å². The van der Waals surface area contributed by atoms with Gasteiger partial charge in [-0.2, -0.15) is 5.10 Å². The maximum absolute atomic E-state index is 13.6. The zero-order valence-corrected chi connectivity index (χ0v) is 10.2. The second kappa shape index (κ2) is 4.66. The SMILES string of the molecule is Cn1ncc(C(=O)Nc2cccc(Cl)c2F)c1N. The van der Waals surface area contributed by atoms with E-state index >= 15 is 0 Å². The van der Waals surface area contributed by atoms with Gasteiger partial charge in [-0.3, -0.25) is 9.48 Å². The molecule has 0 atom stereocenters. The van der Waals surface area contributed by atoms with Gasteiger partial charge in [-0.05, 0) is 12.1 Å². The van der Waals surface area contributed by atoms with E-state index in [1.54, 1.807) is 7.05 Å². The average Bonchev–Trinajstić information content (AvgIpc) is 2.66. The van der Waals surface area contributed by atoms with E-state index in [4.69, 9.17) is 17.3 Å². The number of rotatable bonds is 2. The molecule has 2 aromatic rings. The van der Waals surface area contributed by atoms with Crippen molar-refractivity contribution >= 4 is 29.0 Å². The summed E-state index contributed by atoms with van der Waals surface area (Å²) in [6, 6.07) is 4.34. The fourth-order valence-electron chi connectivity index (χ4n) is 1.41. The highest BCUT2D eigenvalue weighted by molar-refractivity contribution is 6.31.